The van der Waals surface area contributed by atoms with Crippen LogP contribution in [0.1, 0.15) is 5.56 Å². The zero-order valence-electron chi connectivity index (χ0n) is 69.5. The first-order valence-corrected chi connectivity index (χ1v) is 60.0. The van der Waals surface area contributed by atoms with Crippen molar-refractivity contribution in [1.29, 1.82) is 5.41 Å². The molecule has 0 aliphatic heterocycles. The van der Waals surface area contributed by atoms with Crippen LogP contribution in [-0.4, -0.2) is 140 Å². The van der Waals surface area contributed by atoms with Gasteiger partial charge in [-0.25, -0.2) is 166 Å². The van der Waals surface area contributed by atoms with Gasteiger partial charge in [-0.3, -0.25) is 19.6 Å². The first-order valence-electron chi connectivity index (χ1n) is 34.6. The molecule has 42 N–H and O–H groups in total. The average molecular weight is 2460 g/mol. The van der Waals surface area contributed by atoms with E-state index < -0.39 is 149 Å². The van der Waals surface area contributed by atoms with Gasteiger partial charge >= 0.3 is 0 Å². The molecule has 12 aromatic rings. The number of hydrogen-bond acceptors (Lipinski definition) is 47. The van der Waals surface area contributed by atoms with E-state index in [1.807, 2.05) is 22.6 Å². The van der Waals surface area contributed by atoms with E-state index in [2.05, 4.69) is 64.9 Å². The van der Waals surface area contributed by atoms with Crippen LogP contribution in [0.3, 0.4) is 0 Å². The standard InChI is InChI=1S/2C12H13N3O4S2.C8H9N5O4S3.C7H11N3O4S2.C6H7BrN2O2S.C6H8ClN3O4S2.C6H7IN2O2S.C3H6N4O2S2.C2H4N4O2S2/c13-9-1-5-12(6-2-9)21(18,19)15-10-3-7-11(8-4-10)20(14,16)17;13-9-5-7-10(8-6-9)21(16,17)15-11-3-1-2-4-12(11)20-19-18-14;9-5-1-3-6(4-2-5)20(16,17)13-7-11-12-8(18-7)19(10,14)15;1-4-2-5(8)7(16(10,13)14)3-6(4)15(9,11)12;7-5-3-4(12(9,10)11)1-2-6(5)8;7-3-1-4(8)6(16(10,13)14)2-5(3)15(9,11)12;7-5-3-4(12(9,10)11)1-2-6(5)8;1-7-2(4)10-3(6-7)11(5,8)9;3-1-5-6-2(9-1)10(4,7)8/h1-8,15H,13H2,(H2,14,16,17);1-8,15H,13-14H2;1-4H,9H2,(H,11,13)(H2,10,14,15);2-3H,8H2,1H3,(H2,9,11,12)(H2,10,13,14);1-3H,8H2,(H2,9,10,11);1-2H,8H2,(H2,9,11,12)(H2,10,13,14);1-3H,8H2,(H2,9,10,11);4H,1H3,(H2,5,8,9);(H2,3,5)(H2,4,7,8). The summed E-state index contributed by atoms with van der Waals surface area (Å²) in [4.78, 5) is 2.83. The van der Waals surface area contributed by atoms with Crippen LogP contribution in [0, 0.1) is 15.9 Å². The van der Waals surface area contributed by atoms with Crippen LogP contribution in [0.5, 0.6) is 0 Å². The summed E-state index contributed by atoms with van der Waals surface area (Å²) in [6.07, 6.45) is 0. The average Bonchev–Trinajstić information content (AvgIpc) is 1.47. The molecule has 12 rings (SSSR count). The maximum atomic E-state index is 12.3. The molecule has 0 amide bonds. The second-order valence-corrected chi connectivity index (χ2v) is 52.8. The van der Waals surface area contributed by atoms with Crippen LogP contribution in [0.2, 0.25) is 5.02 Å². The van der Waals surface area contributed by atoms with Crippen LogP contribution < -0.4 is 122 Å². The van der Waals surface area contributed by atoms with Gasteiger partial charge in [0, 0.05) is 49.2 Å². The molecule has 0 aliphatic carbocycles. The molecule has 77 heteroatoms. The Kier molecular flexibility index (Phi) is 42.8. The molecule has 0 bridgehead atoms. The van der Waals surface area contributed by atoms with Gasteiger partial charge in [0.05, 0.1) is 73.3 Å². The lowest BCUT2D eigenvalue weighted by Crippen LogP contribution is -2.18. The monoisotopic (exact) mass is 2460 g/mol. The molecule has 0 saturated heterocycles. The number of sulfonamides is 13. The minimum atomic E-state index is -4.14. The third-order valence-electron chi connectivity index (χ3n) is 15.0. The molecule has 139 heavy (non-hydrogen) atoms. The van der Waals surface area contributed by atoms with Crippen molar-refractivity contribution in [2.24, 2.45) is 64.3 Å². The number of anilines is 11. The molecular formula is C62H78BrClIN29O28S17. The predicted molar refractivity (Wildman–Crippen MR) is 529 cm³/mol. The van der Waals surface area contributed by atoms with E-state index in [1.54, 1.807) is 24.3 Å². The first-order chi connectivity index (χ1) is 63.2. The van der Waals surface area contributed by atoms with Crippen LogP contribution in [0.4, 0.5) is 61.4 Å². The summed E-state index contributed by atoms with van der Waals surface area (Å²) in [5, 5.41) is 71.9. The quantitative estimate of drug-likeness (QED) is 0.0125. The number of nitrogens with one attached hydrogen (secondary N) is 4. The van der Waals surface area contributed by atoms with Crippen molar-refractivity contribution in [3.8, 4) is 0 Å². The van der Waals surface area contributed by atoms with Crippen LogP contribution >= 0.6 is 96.2 Å². The molecule has 0 fully saturated rings. The van der Waals surface area contributed by atoms with Gasteiger partial charge in [-0.1, -0.05) is 57.7 Å². The summed E-state index contributed by atoms with van der Waals surface area (Å²) in [5.41, 5.74) is 46.1. The van der Waals surface area contributed by atoms with E-state index in [1.165, 1.54) is 153 Å². The lowest BCUT2D eigenvalue weighted by Gasteiger charge is -2.11. The Morgan fingerprint density at radius 2 is 0.763 bits per heavy atom. The second kappa shape index (κ2) is 49.1. The van der Waals surface area contributed by atoms with Crippen molar-refractivity contribution in [1.82, 2.24) is 30.2 Å². The molecule has 3 heterocycles. The molecule has 9 aromatic carbocycles. The molecule has 762 valence electrons. The summed E-state index contributed by atoms with van der Waals surface area (Å²) in [5.74, 6) is 4.77. The van der Waals surface area contributed by atoms with Gasteiger partial charge in [0.25, 0.3) is 60.1 Å². The van der Waals surface area contributed by atoms with E-state index in [-0.39, 0.29) is 85.7 Å². The number of halogens is 3. The summed E-state index contributed by atoms with van der Waals surface area (Å²) in [7, 11) is -48.8. The number of rotatable bonds is 22. The number of nitrogens with two attached hydrogens (primary N) is 19. The predicted octanol–water partition coefficient (Wildman–Crippen LogP) is -1.15. The minimum absolute atomic E-state index is 0.0425. The zero-order valence-corrected chi connectivity index (χ0v) is 87.9. The van der Waals surface area contributed by atoms with E-state index in [0.717, 1.165) is 57.6 Å². The Balaban J connectivity index is 0.000000330. The molecule has 57 nitrogen and oxygen atoms in total. The lowest BCUT2D eigenvalue weighted by molar-refractivity contribution is -0.195. The van der Waals surface area contributed by atoms with E-state index in [4.69, 9.17) is 120 Å². The van der Waals surface area contributed by atoms with E-state index in [0.29, 0.717) is 58.4 Å². The Morgan fingerprint density at radius 3 is 1.12 bits per heavy atom. The van der Waals surface area contributed by atoms with Crippen LogP contribution in [-0.2, 0) is 147 Å². The van der Waals surface area contributed by atoms with Gasteiger partial charge in [0.2, 0.25) is 98.2 Å². The summed E-state index contributed by atoms with van der Waals surface area (Å²) in [6.45, 7) is 1.45. The van der Waals surface area contributed by atoms with E-state index in [9.17, 15) is 109 Å². The Hall–Kier alpha value is -10.1. The zero-order chi connectivity index (χ0) is 107. The number of para-hydroxylation sites is 1. The molecule has 0 atom stereocenters. The second-order valence-electron chi connectivity index (χ2n) is 25.7. The summed E-state index contributed by atoms with van der Waals surface area (Å²) < 4.78 is 304. The topological polar surface area (TPSA) is 1090 Å². The first kappa shape index (κ1) is 121. The fourth-order valence-electron chi connectivity index (χ4n) is 8.71. The number of hydrogen-bond donors (Lipinski definition) is 23. The Bertz CT molecular complexity index is 7890. The highest BCUT2D eigenvalue weighted by Crippen LogP contribution is 2.33. The molecule has 0 spiro atoms. The smallest absolute Gasteiger partial charge is 0.267 e. The number of aryl methyl sites for hydroxylation is 2. The van der Waals surface area contributed by atoms with Gasteiger partial charge in [0.15, 0.2) is 0 Å². The highest BCUT2D eigenvalue weighted by Gasteiger charge is 2.26. The number of nitrogen functional groups attached to an aromatic ring is 8. The normalized spacial score (nSPS) is 12.0. The molecule has 0 unspecified atom stereocenters. The van der Waals surface area contributed by atoms with Crippen molar-refractivity contribution >= 4 is 288 Å². The Morgan fingerprint density at radius 1 is 0.388 bits per heavy atom. The van der Waals surface area contributed by atoms with Crippen molar-refractivity contribution < 1.29 is 119 Å². The van der Waals surface area contributed by atoms with Crippen LogP contribution in [0.15, 0.2) is 253 Å². The lowest BCUT2D eigenvalue weighted by atomic mass is 10.2. The Labute approximate surface area is 837 Å². The number of nitrogens with zero attached hydrogens (tertiary/aromatic N) is 6. The highest BCUT2D eigenvalue weighted by molar-refractivity contribution is 14.1. The van der Waals surface area contributed by atoms with E-state index >= 15 is 0 Å². The third-order valence-corrected chi connectivity index (χ3v) is 35.1. The van der Waals surface area contributed by atoms with Crippen molar-refractivity contribution in [3.63, 3.8) is 0 Å². The number of aromatic nitrogens is 6. The maximum absolute atomic E-state index is 12.3. The van der Waals surface area contributed by atoms with Gasteiger partial charge in [-0.15, -0.1) is 34.8 Å². The molecule has 3 aromatic heterocycles. The van der Waals surface area contributed by atoms with Crippen molar-refractivity contribution in [2.45, 2.75) is 73.8 Å². The van der Waals surface area contributed by atoms with Gasteiger partial charge in [0.1, 0.15) is 14.7 Å². The fourth-order valence-corrected chi connectivity index (χ4v) is 22.8. The highest BCUT2D eigenvalue weighted by atomic mass is 127. The molecule has 0 aliphatic rings. The van der Waals surface area contributed by atoms with Crippen LogP contribution in [0.25, 0.3) is 0 Å². The largest absolute Gasteiger partial charge is 0.399 e. The SMILES string of the molecule is Cc1cc(N)c(S(N)(=O)=O)cc1S(N)(=O)=O.Cn1nc(S(N)(=O)=O)sc1=N.NOOSc1ccccc1NS(=O)(=O)c1ccc(N)cc1.Nc1cc(Cl)c(S(N)(=O)=O)cc1S(N)(=O)=O.Nc1ccc(S(=O)(=O)Nc2ccc(S(N)(=O)=O)cc2)cc1.Nc1ccc(S(=O)(=O)Nc2nnc(S(N)(=O)=O)s2)cc1.Nc1ccc(S(N)(=O)=O)cc1Br.Nc1ccc(S(N)(=O)=O)cc1I.Nc1nnc(S(N)(=O)=O)s1. The summed E-state index contributed by atoms with van der Waals surface area (Å²) >= 11 is 13.4. The number of benzene rings is 9. The number of primary sulfonamides is 10. The molecular weight excluding hydrogens is 2390 g/mol. The van der Waals surface area contributed by atoms with Gasteiger partial charge in [-0.2, -0.15) is 5.90 Å². The molecule has 0 saturated carbocycles. The third kappa shape index (κ3) is 39.8. The van der Waals surface area contributed by atoms with Gasteiger partial charge < -0.3 is 45.9 Å². The molecule has 0 radical (unpaired) electrons. The minimum Gasteiger partial charge on any atom is -0.399 e. The van der Waals surface area contributed by atoms with Gasteiger partial charge in [-0.05, 0) is 221 Å². The van der Waals surface area contributed by atoms with Crippen molar-refractivity contribution in [3.05, 3.63) is 205 Å². The maximum Gasteiger partial charge on any atom is 0.267 e. The fraction of sp³-hybridized carbons (Fsp3) is 0.0323. The van der Waals surface area contributed by atoms with Crippen molar-refractivity contribution in [2.75, 3.05) is 60.0 Å². The summed E-state index contributed by atoms with van der Waals surface area (Å²) in [6, 6.07) is 41.0.